The number of benzene rings is 3. The highest BCUT2D eigenvalue weighted by atomic mass is 79.9. The highest BCUT2D eigenvalue weighted by Gasteiger charge is 2.39. The minimum absolute atomic E-state index is 0.115. The Labute approximate surface area is 190 Å². The molecule has 3 rings (SSSR count). The Hall–Kier alpha value is -2.81. The molecule has 0 aliphatic heterocycles. The lowest BCUT2D eigenvalue weighted by molar-refractivity contribution is -0.140. The van der Waals surface area contributed by atoms with Gasteiger partial charge in [0.25, 0.3) is 0 Å². The van der Waals surface area contributed by atoms with E-state index in [1.165, 1.54) is 19.1 Å². The van der Waals surface area contributed by atoms with Gasteiger partial charge in [0.2, 0.25) is 0 Å². The zero-order chi connectivity index (χ0) is 23.5. The highest BCUT2D eigenvalue weighted by Crippen LogP contribution is 2.41. The summed E-state index contributed by atoms with van der Waals surface area (Å²) in [6, 6.07) is 14.8. The van der Waals surface area contributed by atoms with Crippen LogP contribution in [0.15, 0.2) is 59.1 Å². The van der Waals surface area contributed by atoms with Gasteiger partial charge in [0, 0.05) is 17.6 Å². The molecule has 0 saturated carbocycles. The van der Waals surface area contributed by atoms with E-state index in [4.69, 9.17) is 9.47 Å². The van der Waals surface area contributed by atoms with Crippen molar-refractivity contribution >= 4 is 21.6 Å². The third-order valence-corrected chi connectivity index (χ3v) is 5.45. The van der Waals surface area contributed by atoms with Crippen LogP contribution in [0.1, 0.15) is 16.7 Å². The molecule has 0 aliphatic carbocycles. The number of halogens is 6. The Kier molecular flexibility index (Phi) is 7.28. The second-order valence-corrected chi connectivity index (χ2v) is 7.78. The van der Waals surface area contributed by atoms with E-state index in [-0.39, 0.29) is 18.8 Å². The summed E-state index contributed by atoms with van der Waals surface area (Å²) in [5.74, 6) is -2.28. The first-order valence-electron chi connectivity index (χ1n) is 9.39. The van der Waals surface area contributed by atoms with Gasteiger partial charge in [-0.2, -0.15) is 13.2 Å². The molecule has 9 heteroatoms. The largest absolute Gasteiger partial charge is 0.497 e. The molecule has 0 unspecified atom stereocenters. The van der Waals surface area contributed by atoms with Gasteiger partial charge in [0.1, 0.15) is 17.1 Å². The van der Waals surface area contributed by atoms with E-state index in [2.05, 4.69) is 15.9 Å². The average Bonchev–Trinajstić information content (AvgIpc) is 2.76. The van der Waals surface area contributed by atoms with Gasteiger partial charge in [-0.05, 0) is 57.4 Å². The summed E-state index contributed by atoms with van der Waals surface area (Å²) in [4.78, 5) is 1.47. The fraction of sp³-hybridized carbons (Fsp3) is 0.217. The number of alkyl halides is 3. The van der Waals surface area contributed by atoms with Crippen LogP contribution in [0.5, 0.6) is 11.5 Å². The van der Waals surface area contributed by atoms with Crippen molar-refractivity contribution in [2.24, 2.45) is 0 Å². The topological polar surface area (TPSA) is 21.7 Å². The summed E-state index contributed by atoms with van der Waals surface area (Å²) < 4.78 is 78.6. The number of hydrogen-bond donors (Lipinski definition) is 0. The maximum absolute atomic E-state index is 14.9. The number of methoxy groups -OCH3 is 2. The summed E-state index contributed by atoms with van der Waals surface area (Å²) in [6.07, 6.45) is -5.04. The average molecular weight is 516 g/mol. The Morgan fingerprint density at radius 3 is 1.59 bits per heavy atom. The number of hydrogen-bond acceptors (Lipinski definition) is 3. The summed E-state index contributed by atoms with van der Waals surface area (Å²) in [5, 5.41) is 0. The lowest BCUT2D eigenvalue weighted by Gasteiger charge is -2.27. The van der Waals surface area contributed by atoms with Crippen LogP contribution in [0, 0.1) is 11.6 Å². The molecule has 0 amide bonds. The van der Waals surface area contributed by atoms with E-state index < -0.39 is 27.8 Å². The standard InChI is InChI=1S/C23H19BrF5NO2/c1-31-16-7-3-14(4-8-16)12-30(13-15-5-9-17(32-2)10-6-15)19-11-18(24)20(23(27,28)29)22(26)21(19)25/h3-11H,12-13H2,1-2H3. The Bertz CT molecular complexity index is 1020. The van der Waals surface area contributed by atoms with Crippen molar-refractivity contribution in [1.29, 1.82) is 0 Å². The van der Waals surface area contributed by atoms with Gasteiger partial charge in [0.15, 0.2) is 11.6 Å². The van der Waals surface area contributed by atoms with Gasteiger partial charge in [-0.1, -0.05) is 24.3 Å². The summed E-state index contributed by atoms with van der Waals surface area (Å²) in [6.45, 7) is 0.231. The van der Waals surface area contributed by atoms with Crippen molar-refractivity contribution in [1.82, 2.24) is 0 Å². The number of nitrogens with zero attached hydrogens (tertiary/aromatic N) is 1. The molecule has 0 aliphatic rings. The molecular weight excluding hydrogens is 497 g/mol. The van der Waals surface area contributed by atoms with Gasteiger partial charge in [-0.25, -0.2) is 8.78 Å². The van der Waals surface area contributed by atoms with E-state index in [9.17, 15) is 22.0 Å². The van der Waals surface area contributed by atoms with Crippen molar-refractivity contribution in [3.05, 3.63) is 87.4 Å². The van der Waals surface area contributed by atoms with Crippen molar-refractivity contribution in [2.45, 2.75) is 19.3 Å². The smallest absolute Gasteiger partial charge is 0.420 e. The zero-order valence-electron chi connectivity index (χ0n) is 17.1. The van der Waals surface area contributed by atoms with E-state index in [1.807, 2.05) is 0 Å². The lowest BCUT2D eigenvalue weighted by Crippen LogP contribution is -2.24. The zero-order valence-corrected chi connectivity index (χ0v) is 18.7. The first-order chi connectivity index (χ1) is 15.1. The molecule has 3 nitrogen and oxygen atoms in total. The van der Waals surface area contributed by atoms with Gasteiger partial charge < -0.3 is 14.4 Å². The van der Waals surface area contributed by atoms with Crippen LogP contribution in [0.2, 0.25) is 0 Å². The monoisotopic (exact) mass is 515 g/mol. The second kappa shape index (κ2) is 9.77. The molecule has 0 heterocycles. The van der Waals surface area contributed by atoms with E-state index in [1.54, 1.807) is 48.5 Å². The second-order valence-electron chi connectivity index (χ2n) is 6.93. The SMILES string of the molecule is COc1ccc(CN(Cc2ccc(OC)cc2)c2cc(Br)c(C(F)(F)F)c(F)c2F)cc1. The molecule has 0 aromatic heterocycles. The Morgan fingerprint density at radius 2 is 1.22 bits per heavy atom. The first-order valence-corrected chi connectivity index (χ1v) is 10.2. The number of rotatable bonds is 7. The van der Waals surface area contributed by atoms with Crippen LogP contribution in [-0.2, 0) is 19.3 Å². The molecule has 0 spiro atoms. The van der Waals surface area contributed by atoms with Crippen LogP contribution in [0.3, 0.4) is 0 Å². The molecule has 0 atom stereocenters. The van der Waals surface area contributed by atoms with Gasteiger partial charge in [-0.15, -0.1) is 0 Å². The fourth-order valence-electron chi connectivity index (χ4n) is 3.20. The Morgan fingerprint density at radius 1 is 0.781 bits per heavy atom. The van der Waals surface area contributed by atoms with Crippen LogP contribution in [0.4, 0.5) is 27.6 Å². The molecule has 170 valence electrons. The van der Waals surface area contributed by atoms with Crippen molar-refractivity contribution in [3.8, 4) is 11.5 Å². The minimum Gasteiger partial charge on any atom is -0.497 e. The lowest BCUT2D eigenvalue weighted by atomic mass is 10.1. The van der Waals surface area contributed by atoms with Crippen molar-refractivity contribution in [3.63, 3.8) is 0 Å². The minimum atomic E-state index is -5.04. The fourth-order valence-corrected chi connectivity index (χ4v) is 3.82. The molecule has 3 aromatic carbocycles. The van der Waals surface area contributed by atoms with Crippen molar-refractivity contribution in [2.75, 3.05) is 19.1 Å². The quantitative estimate of drug-likeness (QED) is 0.250. The van der Waals surface area contributed by atoms with E-state index >= 15 is 0 Å². The molecule has 0 fully saturated rings. The summed E-state index contributed by atoms with van der Waals surface area (Å²) >= 11 is 2.76. The predicted octanol–water partition coefficient (Wildman–Crippen LogP) is 6.97. The number of ether oxygens (including phenoxy) is 2. The van der Waals surface area contributed by atoms with Crippen molar-refractivity contribution < 1.29 is 31.4 Å². The van der Waals surface area contributed by atoms with Crippen LogP contribution in [0.25, 0.3) is 0 Å². The molecule has 32 heavy (non-hydrogen) atoms. The third kappa shape index (κ3) is 5.32. The van der Waals surface area contributed by atoms with Crippen LogP contribution >= 0.6 is 15.9 Å². The normalized spacial score (nSPS) is 11.4. The van der Waals surface area contributed by atoms with E-state index in [0.29, 0.717) is 11.5 Å². The Balaban J connectivity index is 2.04. The summed E-state index contributed by atoms with van der Waals surface area (Å²) in [5.41, 5.74) is -0.508. The van der Waals surface area contributed by atoms with Crippen LogP contribution < -0.4 is 14.4 Å². The third-order valence-electron chi connectivity index (χ3n) is 4.83. The van der Waals surface area contributed by atoms with Gasteiger partial charge in [-0.3, -0.25) is 0 Å². The molecule has 0 radical (unpaired) electrons. The molecule has 0 bridgehead atoms. The predicted molar refractivity (Wildman–Crippen MR) is 115 cm³/mol. The maximum Gasteiger partial charge on any atom is 0.420 e. The van der Waals surface area contributed by atoms with Gasteiger partial charge >= 0.3 is 6.18 Å². The first kappa shape index (κ1) is 23.8. The maximum atomic E-state index is 14.9. The molecule has 0 N–H and O–H groups in total. The molecule has 0 saturated heterocycles. The molecular formula is C23H19BrF5NO2. The summed E-state index contributed by atoms with van der Waals surface area (Å²) in [7, 11) is 3.03. The highest BCUT2D eigenvalue weighted by molar-refractivity contribution is 9.10. The van der Waals surface area contributed by atoms with E-state index in [0.717, 1.165) is 17.2 Å². The number of anilines is 1. The van der Waals surface area contributed by atoms with Crippen LogP contribution in [-0.4, -0.2) is 14.2 Å². The molecule has 3 aromatic rings. The van der Waals surface area contributed by atoms with Gasteiger partial charge in [0.05, 0.1) is 19.9 Å².